The standard InChI is InChI=1S/C12H10ClNO3/c1-6-10(12(16)17-2)8-5-7(13)3-4-9(8)14-11(6)15/h3-5H,1-2H3,(H,14,15). The fourth-order valence-electron chi connectivity index (χ4n) is 1.73. The molecule has 0 fully saturated rings. The van der Waals surface area contributed by atoms with E-state index >= 15 is 0 Å². The van der Waals surface area contributed by atoms with Crippen LogP contribution in [0.15, 0.2) is 23.0 Å². The van der Waals surface area contributed by atoms with Gasteiger partial charge >= 0.3 is 5.97 Å². The van der Waals surface area contributed by atoms with E-state index in [0.717, 1.165) is 0 Å². The number of nitrogens with one attached hydrogen (secondary N) is 1. The number of carbonyl (C=O) groups is 1. The summed E-state index contributed by atoms with van der Waals surface area (Å²) >= 11 is 5.89. The van der Waals surface area contributed by atoms with Crippen molar-refractivity contribution in [2.75, 3.05) is 7.11 Å². The fraction of sp³-hybridized carbons (Fsp3) is 0.167. The number of H-pyrrole nitrogens is 1. The van der Waals surface area contributed by atoms with Crippen LogP contribution in [0.5, 0.6) is 0 Å². The maximum absolute atomic E-state index is 11.7. The van der Waals surface area contributed by atoms with E-state index in [9.17, 15) is 9.59 Å². The first-order chi connectivity index (χ1) is 8.04. The van der Waals surface area contributed by atoms with Crippen LogP contribution in [0.25, 0.3) is 10.9 Å². The van der Waals surface area contributed by atoms with E-state index in [0.29, 0.717) is 21.5 Å². The molecule has 1 aromatic heterocycles. The first-order valence-corrected chi connectivity index (χ1v) is 5.33. The van der Waals surface area contributed by atoms with E-state index in [1.165, 1.54) is 7.11 Å². The maximum atomic E-state index is 11.7. The van der Waals surface area contributed by atoms with Gasteiger partial charge in [0.1, 0.15) is 0 Å². The zero-order chi connectivity index (χ0) is 12.6. The molecule has 0 unspecified atom stereocenters. The predicted molar refractivity (Wildman–Crippen MR) is 65.7 cm³/mol. The number of hydrogen-bond donors (Lipinski definition) is 1. The Hall–Kier alpha value is -1.81. The molecule has 0 aliphatic heterocycles. The quantitative estimate of drug-likeness (QED) is 0.791. The molecule has 0 saturated heterocycles. The van der Waals surface area contributed by atoms with Gasteiger partial charge in [0.15, 0.2) is 0 Å². The van der Waals surface area contributed by atoms with Gasteiger partial charge in [-0.05, 0) is 25.1 Å². The smallest absolute Gasteiger partial charge is 0.339 e. The molecule has 0 amide bonds. The minimum Gasteiger partial charge on any atom is -0.465 e. The van der Waals surface area contributed by atoms with Crippen molar-refractivity contribution in [3.8, 4) is 0 Å². The lowest BCUT2D eigenvalue weighted by Crippen LogP contribution is -2.17. The van der Waals surface area contributed by atoms with Crippen molar-refractivity contribution in [3.63, 3.8) is 0 Å². The average Bonchev–Trinajstić information content (AvgIpc) is 2.31. The molecule has 0 saturated carbocycles. The average molecular weight is 252 g/mol. The number of rotatable bonds is 1. The molecule has 1 heterocycles. The molecule has 17 heavy (non-hydrogen) atoms. The van der Waals surface area contributed by atoms with Gasteiger partial charge in [0.2, 0.25) is 0 Å². The van der Waals surface area contributed by atoms with Crippen LogP contribution in [0.1, 0.15) is 15.9 Å². The number of halogens is 1. The van der Waals surface area contributed by atoms with E-state index in [-0.39, 0.29) is 11.1 Å². The highest BCUT2D eigenvalue weighted by atomic mass is 35.5. The summed E-state index contributed by atoms with van der Waals surface area (Å²) in [5.74, 6) is -0.541. The highest BCUT2D eigenvalue weighted by Gasteiger charge is 2.16. The molecular weight excluding hydrogens is 242 g/mol. The minimum absolute atomic E-state index is 0.258. The number of benzene rings is 1. The third-order valence-corrected chi connectivity index (χ3v) is 2.84. The Balaban J connectivity index is 2.94. The number of pyridine rings is 1. The zero-order valence-corrected chi connectivity index (χ0v) is 10.1. The van der Waals surface area contributed by atoms with Gasteiger partial charge in [0.05, 0.1) is 12.7 Å². The van der Waals surface area contributed by atoms with Crippen molar-refractivity contribution in [1.82, 2.24) is 4.98 Å². The lowest BCUT2D eigenvalue weighted by molar-refractivity contribution is 0.0602. The topological polar surface area (TPSA) is 59.2 Å². The van der Waals surface area contributed by atoms with Crippen LogP contribution in [0.3, 0.4) is 0 Å². The molecule has 0 aliphatic rings. The summed E-state index contributed by atoms with van der Waals surface area (Å²) in [5, 5.41) is 1.08. The highest BCUT2D eigenvalue weighted by molar-refractivity contribution is 6.31. The summed E-state index contributed by atoms with van der Waals surface area (Å²) in [6.45, 7) is 1.57. The van der Waals surface area contributed by atoms with Gasteiger partial charge in [0.25, 0.3) is 5.56 Å². The van der Waals surface area contributed by atoms with Gasteiger partial charge in [0, 0.05) is 21.5 Å². The van der Waals surface area contributed by atoms with E-state index in [2.05, 4.69) is 9.72 Å². The molecule has 0 radical (unpaired) electrons. The van der Waals surface area contributed by atoms with Gasteiger partial charge in [-0.1, -0.05) is 11.6 Å². The van der Waals surface area contributed by atoms with Gasteiger partial charge in [-0.25, -0.2) is 4.79 Å². The van der Waals surface area contributed by atoms with Gasteiger partial charge in [-0.3, -0.25) is 4.79 Å². The number of methoxy groups -OCH3 is 1. The molecule has 88 valence electrons. The summed E-state index contributed by atoms with van der Waals surface area (Å²) in [7, 11) is 1.28. The first-order valence-electron chi connectivity index (χ1n) is 4.95. The molecule has 1 N–H and O–H groups in total. The first kappa shape index (κ1) is 11.7. The Morgan fingerprint density at radius 3 is 2.76 bits per heavy atom. The lowest BCUT2D eigenvalue weighted by atomic mass is 10.0. The number of fused-ring (bicyclic) bond motifs is 1. The second kappa shape index (κ2) is 4.22. The molecule has 0 atom stereocenters. The van der Waals surface area contributed by atoms with E-state index < -0.39 is 5.97 Å². The van der Waals surface area contributed by atoms with E-state index in [1.807, 2.05) is 0 Å². The molecule has 5 heteroatoms. The van der Waals surface area contributed by atoms with Gasteiger partial charge in [-0.15, -0.1) is 0 Å². The number of esters is 1. The van der Waals surface area contributed by atoms with E-state index in [4.69, 9.17) is 11.6 Å². The Morgan fingerprint density at radius 1 is 1.41 bits per heavy atom. The molecule has 2 rings (SSSR count). The summed E-state index contributed by atoms with van der Waals surface area (Å²) in [6, 6.07) is 4.94. The van der Waals surface area contributed by atoms with Crippen LogP contribution in [-0.2, 0) is 4.74 Å². The fourth-order valence-corrected chi connectivity index (χ4v) is 1.90. The molecule has 0 spiro atoms. The number of aromatic nitrogens is 1. The third-order valence-electron chi connectivity index (χ3n) is 2.60. The molecule has 0 aliphatic carbocycles. The summed E-state index contributed by atoms with van der Waals surface area (Å²) in [5.41, 5.74) is 0.839. The SMILES string of the molecule is COC(=O)c1c(C)c(=O)[nH]c2ccc(Cl)cc12. The Kier molecular flexibility index (Phi) is 2.90. The normalized spacial score (nSPS) is 10.5. The Morgan fingerprint density at radius 2 is 2.12 bits per heavy atom. The van der Waals surface area contributed by atoms with Crippen LogP contribution in [0.2, 0.25) is 5.02 Å². The minimum atomic E-state index is -0.541. The Labute approximate surface area is 102 Å². The largest absolute Gasteiger partial charge is 0.465 e. The number of ether oxygens (including phenoxy) is 1. The zero-order valence-electron chi connectivity index (χ0n) is 9.33. The number of carbonyl (C=O) groups excluding carboxylic acids is 1. The van der Waals surface area contributed by atoms with Crippen molar-refractivity contribution >= 4 is 28.5 Å². The van der Waals surface area contributed by atoms with Crippen LogP contribution in [-0.4, -0.2) is 18.1 Å². The number of hydrogen-bond acceptors (Lipinski definition) is 3. The monoisotopic (exact) mass is 251 g/mol. The van der Waals surface area contributed by atoms with Crippen molar-refractivity contribution in [2.45, 2.75) is 6.92 Å². The molecule has 0 bridgehead atoms. The van der Waals surface area contributed by atoms with Crippen molar-refractivity contribution in [2.24, 2.45) is 0 Å². The second-order valence-electron chi connectivity index (χ2n) is 3.64. The third kappa shape index (κ3) is 1.91. The molecule has 2 aromatic rings. The highest BCUT2D eigenvalue weighted by Crippen LogP contribution is 2.22. The summed E-state index contributed by atoms with van der Waals surface area (Å²) in [4.78, 5) is 26.0. The Bertz CT molecular complexity index is 661. The molecule has 4 nitrogen and oxygen atoms in total. The second-order valence-corrected chi connectivity index (χ2v) is 4.07. The van der Waals surface area contributed by atoms with Crippen LogP contribution in [0, 0.1) is 6.92 Å². The van der Waals surface area contributed by atoms with Crippen molar-refractivity contribution < 1.29 is 9.53 Å². The maximum Gasteiger partial charge on any atom is 0.339 e. The van der Waals surface area contributed by atoms with Crippen LogP contribution in [0.4, 0.5) is 0 Å². The summed E-state index contributed by atoms with van der Waals surface area (Å²) < 4.78 is 4.69. The van der Waals surface area contributed by atoms with Gasteiger partial charge < -0.3 is 9.72 Å². The molecular formula is C12H10ClNO3. The van der Waals surface area contributed by atoms with Crippen molar-refractivity contribution in [1.29, 1.82) is 0 Å². The van der Waals surface area contributed by atoms with Crippen LogP contribution < -0.4 is 5.56 Å². The molecule has 1 aromatic carbocycles. The van der Waals surface area contributed by atoms with Gasteiger partial charge in [-0.2, -0.15) is 0 Å². The predicted octanol–water partition coefficient (Wildman–Crippen LogP) is 2.28. The van der Waals surface area contributed by atoms with Crippen LogP contribution >= 0.6 is 11.6 Å². The van der Waals surface area contributed by atoms with Crippen molar-refractivity contribution in [3.05, 3.63) is 44.7 Å². The number of aromatic amines is 1. The van der Waals surface area contributed by atoms with E-state index in [1.54, 1.807) is 25.1 Å². The lowest BCUT2D eigenvalue weighted by Gasteiger charge is -2.07. The summed E-state index contributed by atoms with van der Waals surface area (Å²) in [6.07, 6.45) is 0.